The number of nitro benzene ring substituents is 1. The van der Waals surface area contributed by atoms with Gasteiger partial charge in [-0.1, -0.05) is 30.3 Å². The van der Waals surface area contributed by atoms with Crippen LogP contribution in [0.25, 0.3) is 11.4 Å². The van der Waals surface area contributed by atoms with Crippen molar-refractivity contribution in [2.75, 3.05) is 11.1 Å². The van der Waals surface area contributed by atoms with Gasteiger partial charge < -0.3 is 5.32 Å². The number of hydrogen-bond acceptors (Lipinski definition) is 7. The van der Waals surface area contributed by atoms with E-state index in [-0.39, 0.29) is 34.1 Å². The molecule has 0 unspecified atom stereocenters. The van der Waals surface area contributed by atoms with Gasteiger partial charge in [-0.25, -0.2) is 0 Å². The number of anilines is 1. The van der Waals surface area contributed by atoms with E-state index in [2.05, 4.69) is 33.9 Å². The molecular weight excluding hydrogens is 446 g/mol. The van der Waals surface area contributed by atoms with Gasteiger partial charge in [0.2, 0.25) is 5.91 Å². The number of nitrogens with one attached hydrogen (secondary N) is 1. The molecule has 0 atom stereocenters. The first-order chi connectivity index (χ1) is 14.3. The fourth-order valence-electron chi connectivity index (χ4n) is 2.76. The van der Waals surface area contributed by atoms with Crippen molar-refractivity contribution in [1.29, 1.82) is 0 Å². The van der Waals surface area contributed by atoms with Crippen LogP contribution in [0.1, 0.15) is 31.7 Å². The molecule has 0 fully saturated rings. The van der Waals surface area contributed by atoms with Crippen molar-refractivity contribution >= 4 is 52.0 Å². The number of non-ortho nitro benzene ring substituents is 1. The predicted molar refractivity (Wildman–Crippen MR) is 121 cm³/mol. The summed E-state index contributed by atoms with van der Waals surface area (Å²) < 4.78 is 2.00. The van der Waals surface area contributed by atoms with Crippen LogP contribution in [0, 0.1) is 10.1 Å². The van der Waals surface area contributed by atoms with E-state index in [0.29, 0.717) is 5.16 Å². The summed E-state index contributed by atoms with van der Waals surface area (Å²) in [7, 11) is 0. The first kappa shape index (κ1) is 22.3. The minimum absolute atomic E-state index is 0.0632. The first-order valence-corrected chi connectivity index (χ1v) is 11.4. The van der Waals surface area contributed by atoms with Gasteiger partial charge in [0, 0.05) is 34.0 Å². The number of thiophene rings is 1. The smallest absolute Gasteiger partial charge is 0.271 e. The zero-order valence-corrected chi connectivity index (χ0v) is 19.0. The zero-order valence-electron chi connectivity index (χ0n) is 16.6. The molecule has 0 spiro atoms. The average molecular weight is 466 g/mol. The van der Waals surface area contributed by atoms with Crippen molar-refractivity contribution in [3.63, 3.8) is 0 Å². The van der Waals surface area contributed by atoms with Crippen molar-refractivity contribution in [2.45, 2.75) is 38.4 Å². The van der Waals surface area contributed by atoms with Gasteiger partial charge in [-0.3, -0.25) is 19.5 Å². The molecule has 30 heavy (non-hydrogen) atoms. The second kappa shape index (κ2) is 9.59. The fraction of sp³-hybridized carbons (Fsp3) is 0.316. The van der Waals surface area contributed by atoms with E-state index in [1.165, 1.54) is 34.8 Å². The second-order valence-corrected chi connectivity index (χ2v) is 9.03. The topological polar surface area (TPSA) is 103 Å². The third kappa shape index (κ3) is 5.00. The van der Waals surface area contributed by atoms with Crippen molar-refractivity contribution < 1.29 is 9.72 Å². The number of carbonyl (C=O) groups excluding carboxylic acids is 1. The Kier molecular flexibility index (Phi) is 7.11. The molecule has 0 saturated heterocycles. The molecule has 1 N–H and O–H groups in total. The summed E-state index contributed by atoms with van der Waals surface area (Å²) in [5, 5.41) is 25.1. The molecule has 0 bridgehead atoms. The summed E-state index contributed by atoms with van der Waals surface area (Å²) in [4.78, 5) is 24.1. The highest BCUT2D eigenvalue weighted by atomic mass is 35.5. The number of benzene rings is 1. The first-order valence-electron chi connectivity index (χ1n) is 9.19. The molecule has 8 nitrogen and oxygen atoms in total. The van der Waals surface area contributed by atoms with Gasteiger partial charge in [0.15, 0.2) is 11.0 Å². The van der Waals surface area contributed by atoms with E-state index < -0.39 is 4.92 Å². The van der Waals surface area contributed by atoms with Crippen LogP contribution in [-0.2, 0) is 11.2 Å². The number of aromatic nitrogens is 3. The van der Waals surface area contributed by atoms with Crippen LogP contribution in [0.5, 0.6) is 0 Å². The number of thioether (sulfide) groups is 1. The van der Waals surface area contributed by atoms with E-state index in [9.17, 15) is 14.9 Å². The van der Waals surface area contributed by atoms with Crippen LogP contribution >= 0.6 is 34.7 Å². The van der Waals surface area contributed by atoms with Crippen molar-refractivity contribution in [3.8, 4) is 11.4 Å². The SMILES string of the molecule is CCc1cc(-c2nnc(SCC(=O)Nc3cc([N+](=O)[O-])ccc3Cl)n2C(C)C)cs1. The summed E-state index contributed by atoms with van der Waals surface area (Å²) in [5.41, 5.74) is 1.07. The molecule has 2 heterocycles. The minimum Gasteiger partial charge on any atom is -0.324 e. The molecule has 1 amide bonds. The monoisotopic (exact) mass is 465 g/mol. The Balaban J connectivity index is 1.73. The van der Waals surface area contributed by atoms with Crippen LogP contribution in [0.15, 0.2) is 34.8 Å². The molecule has 0 radical (unpaired) electrons. The van der Waals surface area contributed by atoms with E-state index in [4.69, 9.17) is 11.6 Å². The minimum atomic E-state index is -0.540. The van der Waals surface area contributed by atoms with Gasteiger partial charge in [-0.05, 0) is 32.4 Å². The number of rotatable bonds is 8. The van der Waals surface area contributed by atoms with E-state index in [1.807, 2.05) is 18.4 Å². The fourth-order valence-corrected chi connectivity index (χ4v) is 4.61. The van der Waals surface area contributed by atoms with Crippen LogP contribution in [0.4, 0.5) is 11.4 Å². The lowest BCUT2D eigenvalue weighted by atomic mass is 10.2. The van der Waals surface area contributed by atoms with Gasteiger partial charge in [0.25, 0.3) is 5.69 Å². The van der Waals surface area contributed by atoms with Crippen molar-refractivity contribution in [3.05, 3.63) is 49.7 Å². The predicted octanol–water partition coefficient (Wildman–Crippen LogP) is 5.44. The normalized spacial score (nSPS) is 11.1. The van der Waals surface area contributed by atoms with E-state index in [0.717, 1.165) is 17.8 Å². The number of hydrogen-bond donors (Lipinski definition) is 1. The van der Waals surface area contributed by atoms with Gasteiger partial charge >= 0.3 is 0 Å². The molecule has 1 aromatic carbocycles. The summed E-state index contributed by atoms with van der Waals surface area (Å²) in [6, 6.07) is 6.13. The lowest BCUT2D eigenvalue weighted by Crippen LogP contribution is -2.15. The number of aryl methyl sites for hydroxylation is 1. The largest absolute Gasteiger partial charge is 0.324 e. The Morgan fingerprint density at radius 1 is 1.37 bits per heavy atom. The maximum atomic E-state index is 12.4. The van der Waals surface area contributed by atoms with Crippen molar-refractivity contribution in [1.82, 2.24) is 14.8 Å². The number of halogens is 1. The maximum absolute atomic E-state index is 12.4. The lowest BCUT2D eigenvalue weighted by Gasteiger charge is -2.13. The highest BCUT2D eigenvalue weighted by Crippen LogP contribution is 2.31. The third-order valence-corrected chi connectivity index (χ3v) is 6.56. The van der Waals surface area contributed by atoms with Crippen molar-refractivity contribution in [2.24, 2.45) is 0 Å². The van der Waals surface area contributed by atoms with Gasteiger partial charge in [0.05, 0.1) is 21.4 Å². The van der Waals surface area contributed by atoms with Gasteiger partial charge in [-0.2, -0.15) is 0 Å². The Morgan fingerprint density at radius 2 is 2.13 bits per heavy atom. The molecule has 0 aliphatic rings. The van der Waals surface area contributed by atoms with Crippen LogP contribution < -0.4 is 5.32 Å². The molecule has 11 heteroatoms. The highest BCUT2D eigenvalue weighted by Gasteiger charge is 2.19. The molecule has 3 aromatic rings. The summed E-state index contributed by atoms with van der Waals surface area (Å²) in [6.45, 7) is 6.18. The molecule has 0 aliphatic carbocycles. The van der Waals surface area contributed by atoms with Gasteiger partial charge in [-0.15, -0.1) is 21.5 Å². The molecule has 2 aromatic heterocycles. The molecule has 0 aliphatic heterocycles. The standard InChI is InChI=1S/C19H20ClN5O3S2/c1-4-14-7-12(9-29-14)18-22-23-19(24(18)11(2)3)30-10-17(26)21-16-8-13(25(27)28)5-6-15(16)20/h5-9,11H,4,10H2,1-3H3,(H,21,26). The van der Waals surface area contributed by atoms with Crippen LogP contribution in [0.2, 0.25) is 5.02 Å². The Hall–Kier alpha value is -2.43. The highest BCUT2D eigenvalue weighted by molar-refractivity contribution is 7.99. The molecule has 0 saturated carbocycles. The van der Waals surface area contributed by atoms with E-state index >= 15 is 0 Å². The van der Waals surface area contributed by atoms with Crippen LogP contribution in [-0.4, -0.2) is 31.3 Å². The zero-order chi connectivity index (χ0) is 21.8. The van der Waals surface area contributed by atoms with Gasteiger partial charge in [0.1, 0.15) is 0 Å². The Labute approximate surface area is 186 Å². The summed E-state index contributed by atoms with van der Waals surface area (Å²) in [5.74, 6) is 0.491. The average Bonchev–Trinajstić information content (AvgIpc) is 3.34. The number of carbonyl (C=O) groups is 1. The molecule has 3 rings (SSSR count). The Bertz CT molecular complexity index is 1080. The van der Waals surface area contributed by atoms with E-state index in [1.54, 1.807) is 11.3 Å². The summed E-state index contributed by atoms with van der Waals surface area (Å²) >= 11 is 8.98. The molecular formula is C19H20ClN5O3S2. The number of amides is 1. The third-order valence-electron chi connectivity index (χ3n) is 4.21. The Morgan fingerprint density at radius 3 is 2.77 bits per heavy atom. The summed E-state index contributed by atoms with van der Waals surface area (Å²) in [6.07, 6.45) is 0.961. The number of nitro groups is 1. The lowest BCUT2D eigenvalue weighted by molar-refractivity contribution is -0.384. The van der Waals surface area contributed by atoms with Crippen LogP contribution in [0.3, 0.4) is 0 Å². The maximum Gasteiger partial charge on any atom is 0.271 e. The second-order valence-electron chi connectivity index (χ2n) is 6.68. The molecule has 158 valence electrons. The quantitative estimate of drug-likeness (QED) is 0.270. The number of nitrogens with zero attached hydrogens (tertiary/aromatic N) is 4.